The molecule has 0 radical (unpaired) electrons. The summed E-state index contributed by atoms with van der Waals surface area (Å²) in [7, 11) is 0. The molecule has 0 N–H and O–H groups in total. The Kier molecular flexibility index (Phi) is 6.09. The fraction of sp³-hybridized carbons (Fsp3) is 0. The molecule has 0 aliphatic carbocycles. The molecule has 0 aliphatic heterocycles. The number of thiophene rings is 2. The van der Waals surface area contributed by atoms with Gasteiger partial charge in [0.2, 0.25) is 0 Å². The maximum absolute atomic E-state index is 6.68. The highest BCUT2D eigenvalue weighted by Crippen LogP contribution is 2.49. The van der Waals surface area contributed by atoms with Crippen LogP contribution in [0.25, 0.3) is 95.3 Å². The van der Waals surface area contributed by atoms with Crippen molar-refractivity contribution in [2.75, 3.05) is 4.90 Å². The molecule has 248 valence electrons. The third kappa shape index (κ3) is 4.20. The van der Waals surface area contributed by atoms with Crippen molar-refractivity contribution in [3.63, 3.8) is 0 Å². The topological polar surface area (TPSA) is 29.5 Å². The maximum Gasteiger partial charge on any atom is 0.159 e. The zero-order valence-corrected chi connectivity index (χ0v) is 29.8. The number of furan rings is 2. The van der Waals surface area contributed by atoms with Gasteiger partial charge in [0.1, 0.15) is 11.2 Å². The molecule has 0 unspecified atom stereocenters. The summed E-state index contributed by atoms with van der Waals surface area (Å²) in [5.41, 5.74) is 8.73. The van der Waals surface area contributed by atoms with E-state index < -0.39 is 0 Å². The number of rotatable bonds is 4. The summed E-state index contributed by atoms with van der Waals surface area (Å²) in [6.45, 7) is 0. The third-order valence-corrected chi connectivity index (χ3v) is 13.0. The molecule has 8 aromatic carbocycles. The Hall–Kier alpha value is -6.40. The number of fused-ring (bicyclic) bond motifs is 13. The molecule has 4 heterocycles. The first kappa shape index (κ1) is 29.2. The first-order valence-corrected chi connectivity index (χ1v) is 19.4. The minimum absolute atomic E-state index is 0.838. The second-order valence-electron chi connectivity index (χ2n) is 13.6. The number of nitrogens with zero attached hydrogens (tertiary/aromatic N) is 1. The first-order valence-electron chi connectivity index (χ1n) is 17.7. The summed E-state index contributed by atoms with van der Waals surface area (Å²) in [4.78, 5) is 2.31. The zero-order chi connectivity index (χ0) is 34.6. The quantitative estimate of drug-likeness (QED) is 0.182. The highest BCUT2D eigenvalue weighted by molar-refractivity contribution is 7.29. The fourth-order valence-electron chi connectivity index (χ4n) is 8.36. The van der Waals surface area contributed by atoms with E-state index in [0.717, 1.165) is 66.5 Å². The summed E-state index contributed by atoms with van der Waals surface area (Å²) in [5.74, 6) is 0. The lowest BCUT2D eigenvalue weighted by molar-refractivity contribution is 0.666. The van der Waals surface area contributed by atoms with Crippen LogP contribution in [-0.4, -0.2) is 0 Å². The van der Waals surface area contributed by atoms with Crippen LogP contribution < -0.4 is 4.90 Å². The van der Waals surface area contributed by atoms with E-state index in [-0.39, 0.29) is 0 Å². The molecule has 0 bridgehead atoms. The predicted octanol–water partition coefficient (Wildman–Crippen LogP) is 15.4. The lowest BCUT2D eigenvalue weighted by Gasteiger charge is -2.26. The second-order valence-corrected chi connectivity index (χ2v) is 15.7. The molecule has 0 spiro atoms. The molecular formula is C48H27NO2S2. The number of anilines is 3. The van der Waals surface area contributed by atoms with Gasteiger partial charge in [-0.05, 0) is 65.7 Å². The van der Waals surface area contributed by atoms with E-state index in [9.17, 15) is 0 Å². The van der Waals surface area contributed by atoms with Crippen LogP contribution in [0.1, 0.15) is 0 Å². The van der Waals surface area contributed by atoms with Crippen LogP contribution in [0.4, 0.5) is 17.1 Å². The SMILES string of the molecule is c1cc(-c2cccc3sc4ccc5c6ccccc6sc5c4c23)cc(N(c2cccc3c2oc2ccccc23)c2cccc3c2oc2ccccc23)c1. The predicted molar refractivity (Wildman–Crippen MR) is 227 cm³/mol. The molecule has 0 saturated carbocycles. The van der Waals surface area contributed by atoms with Gasteiger partial charge in [0, 0.05) is 67.6 Å². The maximum atomic E-state index is 6.68. The van der Waals surface area contributed by atoms with E-state index in [1.807, 2.05) is 46.9 Å². The van der Waals surface area contributed by atoms with Gasteiger partial charge in [-0.3, -0.25) is 0 Å². The highest BCUT2D eigenvalue weighted by Gasteiger charge is 2.24. The van der Waals surface area contributed by atoms with Crippen LogP contribution in [0.15, 0.2) is 173 Å². The Balaban J connectivity index is 1.14. The van der Waals surface area contributed by atoms with Gasteiger partial charge < -0.3 is 13.7 Å². The molecule has 0 atom stereocenters. The number of benzene rings is 8. The average molecular weight is 714 g/mol. The van der Waals surface area contributed by atoms with Crippen LogP contribution >= 0.6 is 22.7 Å². The molecular weight excluding hydrogens is 687 g/mol. The van der Waals surface area contributed by atoms with Crippen molar-refractivity contribution >= 4 is 124 Å². The number of para-hydroxylation sites is 4. The molecule has 53 heavy (non-hydrogen) atoms. The van der Waals surface area contributed by atoms with E-state index in [1.54, 1.807) is 0 Å². The fourth-order valence-corrected chi connectivity index (χ4v) is 10.8. The van der Waals surface area contributed by atoms with Gasteiger partial charge in [-0.15, -0.1) is 22.7 Å². The molecule has 0 aliphatic rings. The van der Waals surface area contributed by atoms with Gasteiger partial charge in [-0.25, -0.2) is 0 Å². The van der Waals surface area contributed by atoms with E-state index >= 15 is 0 Å². The molecule has 5 heteroatoms. The standard InChI is InChI=1S/C48H27NO2S2/c1-4-21-39-31(13-1)34-17-8-19-37(46(34)50-39)49(38-20-9-18-35-32-14-2-5-22-40(32)51-47(35)38)29-12-7-11-28(27-29)30-16-10-24-42-44(30)45-43(52-42)26-25-36-33-15-3-6-23-41(33)53-48(36)45/h1-27H. The lowest BCUT2D eigenvalue weighted by atomic mass is 9.98. The van der Waals surface area contributed by atoms with Crippen LogP contribution in [0.3, 0.4) is 0 Å². The molecule has 0 saturated heterocycles. The largest absolute Gasteiger partial charge is 0.454 e. The van der Waals surface area contributed by atoms with E-state index in [1.165, 1.54) is 45.9 Å². The first-order chi connectivity index (χ1) is 26.3. The summed E-state index contributed by atoms with van der Waals surface area (Å²) >= 11 is 3.78. The Morgan fingerprint density at radius 3 is 1.72 bits per heavy atom. The summed E-state index contributed by atoms with van der Waals surface area (Å²) in [6, 6.07) is 58.5. The molecule has 0 amide bonds. The van der Waals surface area contributed by atoms with Gasteiger partial charge in [0.15, 0.2) is 11.2 Å². The number of hydrogen-bond acceptors (Lipinski definition) is 5. The van der Waals surface area contributed by atoms with Crippen molar-refractivity contribution in [2.24, 2.45) is 0 Å². The third-order valence-electron chi connectivity index (χ3n) is 10.7. The summed E-state index contributed by atoms with van der Waals surface area (Å²) in [6.07, 6.45) is 0. The van der Waals surface area contributed by atoms with Crippen LogP contribution in [0.2, 0.25) is 0 Å². The monoisotopic (exact) mass is 713 g/mol. The van der Waals surface area contributed by atoms with Crippen LogP contribution in [0.5, 0.6) is 0 Å². The zero-order valence-electron chi connectivity index (χ0n) is 28.2. The van der Waals surface area contributed by atoms with Crippen molar-refractivity contribution in [3.8, 4) is 11.1 Å². The Morgan fingerprint density at radius 2 is 0.981 bits per heavy atom. The smallest absolute Gasteiger partial charge is 0.159 e. The van der Waals surface area contributed by atoms with Crippen molar-refractivity contribution in [2.45, 2.75) is 0 Å². The van der Waals surface area contributed by atoms with Gasteiger partial charge in [-0.1, -0.05) is 109 Å². The van der Waals surface area contributed by atoms with E-state index in [2.05, 4.69) is 144 Å². The van der Waals surface area contributed by atoms with Crippen LogP contribution in [-0.2, 0) is 0 Å². The van der Waals surface area contributed by atoms with Gasteiger partial charge >= 0.3 is 0 Å². The molecule has 3 nitrogen and oxygen atoms in total. The molecule has 12 aromatic rings. The Labute approximate surface area is 311 Å². The average Bonchev–Trinajstić information content (AvgIpc) is 3.98. The van der Waals surface area contributed by atoms with E-state index in [4.69, 9.17) is 8.83 Å². The van der Waals surface area contributed by atoms with Crippen molar-refractivity contribution in [1.29, 1.82) is 0 Å². The van der Waals surface area contributed by atoms with Gasteiger partial charge in [0.25, 0.3) is 0 Å². The minimum atomic E-state index is 0.838. The molecule has 4 aromatic heterocycles. The Bertz CT molecular complexity index is 3320. The number of hydrogen-bond donors (Lipinski definition) is 0. The second kappa shape index (κ2) is 11.1. The molecule has 12 rings (SSSR count). The van der Waals surface area contributed by atoms with Crippen LogP contribution in [0, 0.1) is 0 Å². The summed E-state index contributed by atoms with van der Waals surface area (Å²) in [5, 5.41) is 9.67. The van der Waals surface area contributed by atoms with Gasteiger partial charge in [0.05, 0.1) is 11.4 Å². The summed E-state index contributed by atoms with van der Waals surface area (Å²) < 4.78 is 18.7. The minimum Gasteiger partial charge on any atom is -0.454 e. The van der Waals surface area contributed by atoms with Crippen molar-refractivity contribution in [1.82, 2.24) is 0 Å². The lowest BCUT2D eigenvalue weighted by Crippen LogP contribution is -2.10. The van der Waals surface area contributed by atoms with E-state index in [0.29, 0.717) is 0 Å². The Morgan fingerprint density at radius 1 is 0.396 bits per heavy atom. The van der Waals surface area contributed by atoms with Gasteiger partial charge in [-0.2, -0.15) is 0 Å². The van der Waals surface area contributed by atoms with Crippen molar-refractivity contribution in [3.05, 3.63) is 164 Å². The molecule has 0 fully saturated rings. The highest BCUT2D eigenvalue weighted by atomic mass is 32.1. The normalized spacial score (nSPS) is 12.2. The van der Waals surface area contributed by atoms with Crippen molar-refractivity contribution < 1.29 is 8.83 Å².